The van der Waals surface area contributed by atoms with Gasteiger partial charge in [0.1, 0.15) is 0 Å². The van der Waals surface area contributed by atoms with Gasteiger partial charge in [0, 0.05) is 31.0 Å². The van der Waals surface area contributed by atoms with E-state index in [1.54, 1.807) is 12.5 Å². The fourth-order valence-electron chi connectivity index (χ4n) is 3.44. The van der Waals surface area contributed by atoms with Crippen LogP contribution in [-0.4, -0.2) is 35.1 Å². The van der Waals surface area contributed by atoms with Crippen LogP contribution in [0.2, 0.25) is 0 Å². The lowest BCUT2D eigenvalue weighted by atomic mass is 10.1. The van der Waals surface area contributed by atoms with Gasteiger partial charge in [0.2, 0.25) is 5.91 Å². The number of nitrogens with one attached hydrogen (secondary N) is 2. The van der Waals surface area contributed by atoms with E-state index in [2.05, 4.69) is 46.8 Å². The monoisotopic (exact) mass is 430 g/mol. The lowest BCUT2D eigenvalue weighted by Crippen LogP contribution is -2.24. The Morgan fingerprint density at radius 2 is 1.72 bits per heavy atom. The zero-order chi connectivity index (χ0) is 22.4. The predicted octanol–water partition coefficient (Wildman–Crippen LogP) is 4.70. The van der Waals surface area contributed by atoms with Crippen molar-refractivity contribution in [3.63, 3.8) is 0 Å². The second-order valence-corrected chi connectivity index (χ2v) is 8.06. The van der Waals surface area contributed by atoms with E-state index in [1.165, 1.54) is 11.1 Å². The standard InChI is InChI=1S/C27H34N4O/c1-23-9-11-25(12-10-23)7-5-18-28-17-2-3-19-30-27(32)8-4-6-24-13-15-26(16-14-24)31-21-20-29-22-31/h4,6,9-16,20-22,28H,2-3,5,7-8,17-19H2,1H3,(H,30,32)/b6-4+. The molecule has 5 nitrogen and oxygen atoms in total. The van der Waals surface area contributed by atoms with E-state index < -0.39 is 0 Å². The Kier molecular flexibility index (Phi) is 9.74. The van der Waals surface area contributed by atoms with Crippen molar-refractivity contribution in [2.24, 2.45) is 0 Å². The van der Waals surface area contributed by atoms with Crippen LogP contribution >= 0.6 is 0 Å². The largest absolute Gasteiger partial charge is 0.356 e. The van der Waals surface area contributed by atoms with Gasteiger partial charge in [-0.2, -0.15) is 0 Å². The maximum atomic E-state index is 12.0. The molecule has 0 spiro atoms. The van der Waals surface area contributed by atoms with Crippen molar-refractivity contribution < 1.29 is 4.79 Å². The molecule has 2 N–H and O–H groups in total. The summed E-state index contributed by atoms with van der Waals surface area (Å²) in [4.78, 5) is 16.0. The van der Waals surface area contributed by atoms with Crippen molar-refractivity contribution in [2.75, 3.05) is 19.6 Å². The molecule has 0 atom stereocenters. The van der Waals surface area contributed by atoms with E-state index in [4.69, 9.17) is 0 Å². The van der Waals surface area contributed by atoms with Gasteiger partial charge in [0.15, 0.2) is 0 Å². The fourth-order valence-corrected chi connectivity index (χ4v) is 3.44. The Morgan fingerprint density at radius 1 is 0.969 bits per heavy atom. The molecule has 3 rings (SSSR count). The zero-order valence-corrected chi connectivity index (χ0v) is 19.0. The third-order valence-corrected chi connectivity index (χ3v) is 5.35. The zero-order valence-electron chi connectivity index (χ0n) is 19.0. The number of rotatable bonds is 13. The average molecular weight is 431 g/mol. The highest BCUT2D eigenvalue weighted by atomic mass is 16.1. The highest BCUT2D eigenvalue weighted by Crippen LogP contribution is 2.10. The first-order chi connectivity index (χ1) is 15.7. The summed E-state index contributed by atoms with van der Waals surface area (Å²) in [6, 6.07) is 16.9. The van der Waals surface area contributed by atoms with Gasteiger partial charge in [0.05, 0.1) is 6.33 Å². The molecule has 0 saturated heterocycles. The molecule has 0 aliphatic heterocycles. The highest BCUT2D eigenvalue weighted by molar-refractivity contribution is 5.78. The Morgan fingerprint density at radius 3 is 2.47 bits per heavy atom. The number of carbonyl (C=O) groups excluding carboxylic acids is 1. The molecule has 0 aliphatic carbocycles. The van der Waals surface area contributed by atoms with E-state index >= 15 is 0 Å². The number of nitrogens with zero attached hydrogens (tertiary/aromatic N) is 2. The van der Waals surface area contributed by atoms with Crippen molar-refractivity contribution in [2.45, 2.75) is 39.0 Å². The molecule has 0 unspecified atom stereocenters. The molecule has 168 valence electrons. The van der Waals surface area contributed by atoms with Crippen LogP contribution in [0.1, 0.15) is 42.4 Å². The number of amides is 1. The van der Waals surface area contributed by atoms with Crippen LogP contribution in [0.3, 0.4) is 0 Å². The molecule has 2 aromatic carbocycles. The third kappa shape index (κ3) is 8.52. The number of imidazole rings is 1. The summed E-state index contributed by atoms with van der Waals surface area (Å²) in [6.45, 7) is 4.89. The number of hydrogen-bond acceptors (Lipinski definition) is 3. The summed E-state index contributed by atoms with van der Waals surface area (Å²) in [6.07, 6.45) is 14.1. The maximum absolute atomic E-state index is 12.0. The van der Waals surface area contributed by atoms with Crippen molar-refractivity contribution in [3.8, 4) is 5.69 Å². The van der Waals surface area contributed by atoms with Crippen LogP contribution in [0.4, 0.5) is 0 Å². The summed E-state index contributed by atoms with van der Waals surface area (Å²) < 4.78 is 1.96. The summed E-state index contributed by atoms with van der Waals surface area (Å²) in [5, 5.41) is 6.49. The number of unbranched alkanes of at least 4 members (excludes halogenated alkanes) is 1. The van der Waals surface area contributed by atoms with Crippen LogP contribution in [0, 0.1) is 6.92 Å². The third-order valence-electron chi connectivity index (χ3n) is 5.35. The van der Waals surface area contributed by atoms with Crippen LogP contribution in [0.5, 0.6) is 0 Å². The molecule has 5 heteroatoms. The molecule has 0 saturated carbocycles. The molecular weight excluding hydrogens is 396 g/mol. The van der Waals surface area contributed by atoms with Crippen LogP contribution in [-0.2, 0) is 11.2 Å². The van der Waals surface area contributed by atoms with Crippen molar-refractivity contribution >= 4 is 12.0 Å². The minimum Gasteiger partial charge on any atom is -0.356 e. The Labute approximate surface area is 191 Å². The Balaban J connectivity index is 1.19. The molecule has 1 heterocycles. The maximum Gasteiger partial charge on any atom is 0.223 e. The minimum absolute atomic E-state index is 0.0716. The van der Waals surface area contributed by atoms with Crippen LogP contribution in [0.15, 0.2) is 73.3 Å². The van der Waals surface area contributed by atoms with Gasteiger partial charge in [-0.3, -0.25) is 4.79 Å². The van der Waals surface area contributed by atoms with Crippen molar-refractivity contribution in [1.82, 2.24) is 20.2 Å². The van der Waals surface area contributed by atoms with Gasteiger partial charge in [-0.25, -0.2) is 4.98 Å². The van der Waals surface area contributed by atoms with Gasteiger partial charge in [-0.1, -0.05) is 54.1 Å². The smallest absolute Gasteiger partial charge is 0.223 e. The molecular formula is C27H34N4O. The first kappa shape index (κ1) is 23.5. The second kappa shape index (κ2) is 13.3. The quantitative estimate of drug-likeness (QED) is 0.386. The topological polar surface area (TPSA) is 58.9 Å². The molecule has 0 bridgehead atoms. The number of aryl methyl sites for hydroxylation is 2. The number of benzene rings is 2. The summed E-state index contributed by atoms with van der Waals surface area (Å²) in [5.41, 5.74) is 4.86. The second-order valence-electron chi connectivity index (χ2n) is 8.06. The van der Waals surface area contributed by atoms with E-state index in [-0.39, 0.29) is 5.91 Å². The van der Waals surface area contributed by atoms with Crippen LogP contribution < -0.4 is 10.6 Å². The summed E-state index contributed by atoms with van der Waals surface area (Å²) in [5.74, 6) is 0.0716. The molecule has 1 aromatic heterocycles. The number of carbonyl (C=O) groups is 1. The van der Waals surface area contributed by atoms with Gasteiger partial charge in [-0.05, 0) is 69.0 Å². The molecule has 3 aromatic rings. The Hall–Kier alpha value is -3.18. The molecule has 1 amide bonds. The Bertz CT molecular complexity index is 944. The molecule has 0 radical (unpaired) electrons. The highest BCUT2D eigenvalue weighted by Gasteiger charge is 1.99. The molecule has 0 aliphatic rings. The van der Waals surface area contributed by atoms with Crippen LogP contribution in [0.25, 0.3) is 11.8 Å². The van der Waals surface area contributed by atoms with Gasteiger partial charge in [-0.15, -0.1) is 0 Å². The summed E-state index contributed by atoms with van der Waals surface area (Å²) >= 11 is 0. The normalized spacial score (nSPS) is 11.2. The van der Waals surface area contributed by atoms with Gasteiger partial charge >= 0.3 is 0 Å². The first-order valence-electron chi connectivity index (χ1n) is 11.5. The number of hydrogen-bond donors (Lipinski definition) is 2. The van der Waals surface area contributed by atoms with E-state index in [0.29, 0.717) is 6.42 Å². The lowest BCUT2D eigenvalue weighted by Gasteiger charge is -2.06. The summed E-state index contributed by atoms with van der Waals surface area (Å²) in [7, 11) is 0. The number of aromatic nitrogens is 2. The predicted molar refractivity (Wildman–Crippen MR) is 132 cm³/mol. The molecule has 0 fully saturated rings. The van der Waals surface area contributed by atoms with E-state index in [1.807, 2.05) is 47.2 Å². The fraction of sp³-hybridized carbons (Fsp3) is 0.333. The SMILES string of the molecule is Cc1ccc(CCCNCCCCNC(=O)C/C=C/c2ccc(-n3ccnc3)cc2)cc1. The minimum atomic E-state index is 0.0716. The average Bonchev–Trinajstić information content (AvgIpc) is 3.35. The van der Waals surface area contributed by atoms with E-state index in [9.17, 15) is 4.79 Å². The van der Waals surface area contributed by atoms with Gasteiger partial charge in [0.25, 0.3) is 0 Å². The van der Waals surface area contributed by atoms with Gasteiger partial charge < -0.3 is 15.2 Å². The van der Waals surface area contributed by atoms with Crippen molar-refractivity contribution in [1.29, 1.82) is 0 Å². The molecule has 32 heavy (non-hydrogen) atoms. The lowest BCUT2D eigenvalue weighted by molar-refractivity contribution is -0.120. The van der Waals surface area contributed by atoms with E-state index in [0.717, 1.165) is 56.6 Å². The first-order valence-corrected chi connectivity index (χ1v) is 11.5. The van der Waals surface area contributed by atoms with Crippen molar-refractivity contribution in [3.05, 3.63) is 90.0 Å².